The SMILES string of the molecule is Cc1cccc(-c2cccc(-n3ncc(C(=O)O)c3C(F)(F)F)n2)c1OCc1ccc(C2CCN(CC(F)(F)F)CC2)cc1. The van der Waals surface area contributed by atoms with Crippen LogP contribution in [0.15, 0.2) is 66.9 Å². The molecule has 1 aliphatic heterocycles. The van der Waals surface area contributed by atoms with E-state index < -0.39 is 36.1 Å². The number of alkyl halides is 6. The van der Waals surface area contributed by atoms with E-state index in [-0.39, 0.29) is 18.3 Å². The van der Waals surface area contributed by atoms with Crippen LogP contribution in [0.1, 0.15) is 51.5 Å². The summed E-state index contributed by atoms with van der Waals surface area (Å²) < 4.78 is 86.1. The lowest BCUT2D eigenvalue weighted by molar-refractivity contribution is -0.148. The average molecular weight is 619 g/mol. The van der Waals surface area contributed by atoms with Crippen molar-refractivity contribution in [3.05, 3.63) is 94.8 Å². The topological polar surface area (TPSA) is 80.5 Å². The molecule has 7 nitrogen and oxygen atoms in total. The number of hydrogen-bond acceptors (Lipinski definition) is 5. The number of rotatable bonds is 8. The summed E-state index contributed by atoms with van der Waals surface area (Å²) in [6.07, 6.45) is -7.26. The molecule has 0 aliphatic carbocycles. The van der Waals surface area contributed by atoms with Gasteiger partial charge in [0.2, 0.25) is 0 Å². The van der Waals surface area contributed by atoms with E-state index in [9.17, 15) is 36.2 Å². The highest BCUT2D eigenvalue weighted by Gasteiger charge is 2.41. The van der Waals surface area contributed by atoms with Crippen molar-refractivity contribution in [3.63, 3.8) is 0 Å². The lowest BCUT2D eigenvalue weighted by atomic mass is 9.89. The maximum absolute atomic E-state index is 13.8. The van der Waals surface area contributed by atoms with E-state index >= 15 is 0 Å². The first-order valence-electron chi connectivity index (χ1n) is 13.8. The molecule has 1 N–H and O–H groups in total. The molecule has 13 heteroatoms. The standard InChI is InChI=1S/C31H28F6N4O3/c1-19-4-2-5-23(25-6-3-7-26(39-25)41-28(31(35,36)37)24(16-38-41)29(42)43)27(19)44-17-20-8-10-21(11-9-20)22-12-14-40(15-13-22)18-30(32,33)34/h2-11,16,22H,12-15,17-18H2,1H3,(H,42,43). The number of benzene rings is 2. The number of para-hydroxylation sites is 1. The summed E-state index contributed by atoms with van der Waals surface area (Å²) in [5.41, 5.74) is 1.07. The zero-order valence-electron chi connectivity index (χ0n) is 23.5. The molecule has 0 spiro atoms. The van der Waals surface area contributed by atoms with Crippen LogP contribution in [0.2, 0.25) is 0 Å². The van der Waals surface area contributed by atoms with E-state index in [1.54, 1.807) is 18.2 Å². The summed E-state index contributed by atoms with van der Waals surface area (Å²) in [5.74, 6) is -1.32. The highest BCUT2D eigenvalue weighted by atomic mass is 19.4. The molecule has 1 fully saturated rings. The van der Waals surface area contributed by atoms with Crippen molar-refractivity contribution in [2.24, 2.45) is 0 Å². The number of aromatic nitrogens is 3. The number of hydrogen-bond donors (Lipinski definition) is 1. The van der Waals surface area contributed by atoms with Crippen LogP contribution >= 0.6 is 0 Å². The Labute approximate surface area is 248 Å². The second-order valence-corrected chi connectivity index (χ2v) is 10.7. The Bertz CT molecular complexity index is 1620. The summed E-state index contributed by atoms with van der Waals surface area (Å²) >= 11 is 0. The quantitative estimate of drug-likeness (QED) is 0.209. The molecule has 0 unspecified atom stereocenters. The Hall–Kier alpha value is -4.39. The molecule has 0 radical (unpaired) electrons. The van der Waals surface area contributed by atoms with Gasteiger partial charge in [0, 0.05) is 5.56 Å². The highest BCUT2D eigenvalue weighted by Crippen LogP contribution is 2.36. The van der Waals surface area contributed by atoms with Crippen molar-refractivity contribution in [1.82, 2.24) is 19.7 Å². The Kier molecular flexibility index (Phi) is 8.69. The van der Waals surface area contributed by atoms with Crippen molar-refractivity contribution in [2.45, 2.75) is 44.6 Å². The third-order valence-electron chi connectivity index (χ3n) is 7.53. The first-order valence-corrected chi connectivity index (χ1v) is 13.8. The van der Waals surface area contributed by atoms with Crippen LogP contribution < -0.4 is 4.74 Å². The fraction of sp³-hybridized carbons (Fsp3) is 0.323. The second-order valence-electron chi connectivity index (χ2n) is 10.7. The second kappa shape index (κ2) is 12.3. The molecule has 1 saturated heterocycles. The van der Waals surface area contributed by atoms with Gasteiger partial charge < -0.3 is 9.84 Å². The summed E-state index contributed by atoms with van der Waals surface area (Å²) in [5, 5.41) is 12.9. The van der Waals surface area contributed by atoms with Crippen LogP contribution in [0.4, 0.5) is 26.3 Å². The molecule has 0 saturated carbocycles. The summed E-state index contributed by atoms with van der Waals surface area (Å²) in [7, 11) is 0. The third-order valence-corrected chi connectivity index (χ3v) is 7.53. The fourth-order valence-electron chi connectivity index (χ4n) is 5.41. The van der Waals surface area contributed by atoms with Gasteiger partial charge in [-0.15, -0.1) is 0 Å². The average Bonchev–Trinajstić information content (AvgIpc) is 3.43. The number of pyridine rings is 1. The molecule has 2 aromatic carbocycles. The normalized spacial score (nSPS) is 15.0. The molecule has 3 heterocycles. The van der Waals surface area contributed by atoms with Crippen LogP contribution in [0.3, 0.4) is 0 Å². The van der Waals surface area contributed by atoms with Gasteiger partial charge in [0.15, 0.2) is 11.5 Å². The maximum Gasteiger partial charge on any atom is 0.434 e. The number of ether oxygens (including phenoxy) is 1. The zero-order chi connectivity index (χ0) is 31.6. The van der Waals surface area contributed by atoms with Crippen molar-refractivity contribution in [3.8, 4) is 22.8 Å². The number of carbonyl (C=O) groups is 1. The van der Waals surface area contributed by atoms with E-state index in [1.807, 2.05) is 37.3 Å². The van der Waals surface area contributed by atoms with Gasteiger partial charge in [0.05, 0.1) is 18.4 Å². The first-order chi connectivity index (χ1) is 20.8. The van der Waals surface area contributed by atoms with Gasteiger partial charge in [-0.3, -0.25) is 4.90 Å². The van der Waals surface area contributed by atoms with E-state index in [4.69, 9.17) is 4.74 Å². The number of halogens is 6. The predicted molar refractivity (Wildman–Crippen MR) is 149 cm³/mol. The number of piperidine rings is 1. The predicted octanol–water partition coefficient (Wildman–Crippen LogP) is 7.28. The molecular formula is C31H28F6N4O3. The van der Waals surface area contributed by atoms with Crippen LogP contribution in [0.25, 0.3) is 17.1 Å². The lowest BCUT2D eigenvalue weighted by Crippen LogP contribution is -2.39. The Balaban J connectivity index is 1.32. The van der Waals surface area contributed by atoms with E-state index in [0.29, 0.717) is 53.8 Å². The molecule has 0 amide bonds. The summed E-state index contributed by atoms with van der Waals surface area (Å²) in [6.45, 7) is 1.89. The van der Waals surface area contributed by atoms with Gasteiger partial charge in [-0.25, -0.2) is 14.5 Å². The molecule has 232 valence electrons. The Morgan fingerprint density at radius 3 is 2.30 bits per heavy atom. The number of carboxylic acid groups (broad SMARTS) is 1. The van der Waals surface area contributed by atoms with Crippen LogP contribution in [0, 0.1) is 6.92 Å². The lowest BCUT2D eigenvalue weighted by Gasteiger charge is -2.32. The van der Waals surface area contributed by atoms with Gasteiger partial charge in [-0.1, -0.05) is 42.5 Å². The third kappa shape index (κ3) is 7.04. The van der Waals surface area contributed by atoms with Crippen molar-refractivity contribution >= 4 is 5.97 Å². The maximum atomic E-state index is 13.8. The smallest absolute Gasteiger partial charge is 0.434 e. The molecule has 2 aromatic heterocycles. The summed E-state index contributed by atoms with van der Waals surface area (Å²) in [4.78, 5) is 17.2. The van der Waals surface area contributed by atoms with Gasteiger partial charge in [-0.2, -0.15) is 31.4 Å². The number of aryl methyl sites for hydroxylation is 1. The van der Waals surface area contributed by atoms with Gasteiger partial charge in [0.1, 0.15) is 17.9 Å². The molecule has 0 bridgehead atoms. The number of aromatic carboxylic acids is 1. The highest BCUT2D eigenvalue weighted by molar-refractivity contribution is 5.89. The van der Waals surface area contributed by atoms with Gasteiger partial charge >= 0.3 is 18.3 Å². The van der Waals surface area contributed by atoms with Gasteiger partial charge in [-0.05, 0) is 73.7 Å². The number of carboxylic acids is 1. The van der Waals surface area contributed by atoms with E-state index in [2.05, 4.69) is 10.1 Å². The minimum atomic E-state index is -4.99. The van der Waals surface area contributed by atoms with Crippen LogP contribution in [-0.4, -0.2) is 56.6 Å². The van der Waals surface area contributed by atoms with Gasteiger partial charge in [0.25, 0.3) is 0 Å². The zero-order valence-corrected chi connectivity index (χ0v) is 23.5. The number of nitrogens with zero attached hydrogens (tertiary/aromatic N) is 4. The van der Waals surface area contributed by atoms with E-state index in [1.165, 1.54) is 17.0 Å². The Morgan fingerprint density at radius 2 is 1.66 bits per heavy atom. The van der Waals surface area contributed by atoms with Crippen LogP contribution in [0.5, 0.6) is 5.75 Å². The molecular weight excluding hydrogens is 590 g/mol. The first kappa shape index (κ1) is 31.0. The molecule has 5 rings (SSSR count). The minimum absolute atomic E-state index is 0.176. The van der Waals surface area contributed by atoms with E-state index in [0.717, 1.165) is 16.7 Å². The van der Waals surface area contributed by atoms with Crippen LogP contribution in [-0.2, 0) is 12.8 Å². The number of likely N-dealkylation sites (tertiary alicyclic amines) is 1. The summed E-state index contributed by atoms with van der Waals surface area (Å²) in [6, 6.07) is 17.4. The monoisotopic (exact) mass is 618 g/mol. The van der Waals surface area contributed by atoms with Crippen molar-refractivity contribution in [2.75, 3.05) is 19.6 Å². The van der Waals surface area contributed by atoms with Crippen molar-refractivity contribution < 1.29 is 41.0 Å². The van der Waals surface area contributed by atoms with Crippen molar-refractivity contribution in [1.29, 1.82) is 0 Å². The molecule has 1 aliphatic rings. The molecule has 0 atom stereocenters. The molecule has 4 aromatic rings. The Morgan fingerprint density at radius 1 is 0.977 bits per heavy atom. The molecule has 44 heavy (non-hydrogen) atoms. The fourth-order valence-corrected chi connectivity index (χ4v) is 5.41. The largest absolute Gasteiger partial charge is 0.488 e. The minimum Gasteiger partial charge on any atom is -0.488 e.